The average molecular weight is 342 g/mol. The Morgan fingerprint density at radius 2 is 1.86 bits per heavy atom. The van der Waals surface area contributed by atoms with E-state index >= 15 is 0 Å². The molecule has 0 radical (unpaired) electrons. The number of rotatable bonds is 2. The van der Waals surface area contributed by atoms with Gasteiger partial charge in [0.1, 0.15) is 6.04 Å². The maximum Gasteiger partial charge on any atom is 0.329 e. The summed E-state index contributed by atoms with van der Waals surface area (Å²) < 4.78 is 4.86. The Bertz CT molecular complexity index is 568. The zero-order chi connectivity index (χ0) is 16.5. The summed E-state index contributed by atoms with van der Waals surface area (Å²) in [6.07, 6.45) is 0. The molecule has 6 heteroatoms. The van der Waals surface area contributed by atoms with Gasteiger partial charge in [-0.25, -0.2) is 4.79 Å². The predicted molar refractivity (Wildman–Crippen MR) is 89.1 cm³/mol. The van der Waals surface area contributed by atoms with Crippen molar-refractivity contribution in [1.82, 2.24) is 4.90 Å². The first kappa shape index (κ1) is 17.2. The Balaban J connectivity index is 2.37. The highest BCUT2D eigenvalue weighted by Crippen LogP contribution is 2.41. The van der Waals surface area contributed by atoms with Crippen LogP contribution in [0.4, 0.5) is 0 Å². The van der Waals surface area contributed by atoms with Gasteiger partial charge in [0, 0.05) is 16.3 Å². The van der Waals surface area contributed by atoms with Crippen molar-refractivity contribution in [3.05, 3.63) is 34.9 Å². The number of methoxy groups -OCH3 is 1. The highest BCUT2D eigenvalue weighted by atomic mass is 35.5. The van der Waals surface area contributed by atoms with Crippen molar-refractivity contribution in [3.63, 3.8) is 0 Å². The van der Waals surface area contributed by atoms with Crippen molar-refractivity contribution in [1.29, 1.82) is 0 Å². The quantitative estimate of drug-likeness (QED) is 0.773. The molecule has 1 aliphatic heterocycles. The number of benzene rings is 1. The van der Waals surface area contributed by atoms with Crippen molar-refractivity contribution < 1.29 is 14.3 Å². The average Bonchev–Trinajstić information content (AvgIpc) is 2.91. The molecule has 0 saturated carbocycles. The minimum absolute atomic E-state index is 0.0835. The van der Waals surface area contributed by atoms with Crippen LogP contribution in [0.2, 0.25) is 5.02 Å². The Labute approximate surface area is 140 Å². The molecule has 2 rings (SSSR count). The highest BCUT2D eigenvalue weighted by Gasteiger charge is 2.47. The van der Waals surface area contributed by atoms with E-state index in [-0.39, 0.29) is 22.7 Å². The van der Waals surface area contributed by atoms with Crippen molar-refractivity contribution in [3.8, 4) is 0 Å². The van der Waals surface area contributed by atoms with E-state index in [9.17, 15) is 9.59 Å². The number of carbonyl (C=O) groups excluding carboxylic acids is 2. The molecule has 1 aliphatic rings. The molecule has 0 aromatic heterocycles. The molecule has 22 heavy (non-hydrogen) atoms. The summed E-state index contributed by atoms with van der Waals surface area (Å²) in [6, 6.07) is 6.17. The Morgan fingerprint density at radius 1 is 1.27 bits per heavy atom. The normalized spacial score (nSPS) is 21.8. The molecule has 1 heterocycles. The van der Waals surface area contributed by atoms with Crippen LogP contribution in [0.3, 0.4) is 0 Å². The third-order valence-electron chi connectivity index (χ3n) is 3.54. The van der Waals surface area contributed by atoms with Gasteiger partial charge in [0.15, 0.2) is 0 Å². The summed E-state index contributed by atoms with van der Waals surface area (Å²) >= 11 is 7.49. The maximum atomic E-state index is 12.9. The van der Waals surface area contributed by atoms with Gasteiger partial charge in [-0.1, -0.05) is 32.4 Å². The number of hydrogen-bond donors (Lipinski definition) is 0. The molecular formula is C16H20ClNO3S. The van der Waals surface area contributed by atoms with Crippen LogP contribution in [0.5, 0.6) is 0 Å². The topological polar surface area (TPSA) is 46.6 Å². The lowest BCUT2D eigenvalue weighted by Gasteiger charge is -2.36. The predicted octanol–water partition coefficient (Wildman–Crippen LogP) is 3.44. The smallest absolute Gasteiger partial charge is 0.329 e. The molecule has 2 atom stereocenters. The Hall–Kier alpha value is -1.20. The molecular weight excluding hydrogens is 322 g/mol. The van der Waals surface area contributed by atoms with Crippen LogP contribution in [-0.4, -0.2) is 41.1 Å². The second-order valence-corrected chi connectivity index (χ2v) is 7.86. The van der Waals surface area contributed by atoms with Crippen molar-refractivity contribution in [2.45, 2.75) is 32.2 Å². The molecule has 4 nitrogen and oxygen atoms in total. The second-order valence-electron chi connectivity index (χ2n) is 6.31. The van der Waals surface area contributed by atoms with Gasteiger partial charge in [0.05, 0.1) is 12.5 Å². The largest absolute Gasteiger partial charge is 0.467 e. The molecule has 1 aromatic rings. The minimum Gasteiger partial charge on any atom is -0.467 e. The number of carbonyl (C=O) groups is 2. The van der Waals surface area contributed by atoms with Crippen LogP contribution in [-0.2, 0) is 9.53 Å². The molecule has 1 aromatic carbocycles. The molecule has 0 N–H and O–H groups in total. The lowest BCUT2D eigenvalue weighted by molar-refractivity contribution is -0.145. The second kappa shape index (κ2) is 6.50. The number of nitrogens with zero attached hydrogens (tertiary/aromatic N) is 1. The van der Waals surface area contributed by atoms with Gasteiger partial charge in [0.2, 0.25) is 0 Å². The fraction of sp³-hybridized carbons (Fsp3) is 0.500. The maximum absolute atomic E-state index is 12.9. The monoisotopic (exact) mass is 341 g/mol. The van der Waals surface area contributed by atoms with Crippen LogP contribution in [0.1, 0.15) is 31.1 Å². The first-order valence-corrected chi connectivity index (χ1v) is 8.46. The number of thioether (sulfide) groups is 1. The third kappa shape index (κ3) is 3.41. The highest BCUT2D eigenvalue weighted by molar-refractivity contribution is 8.00. The number of amides is 1. The van der Waals surface area contributed by atoms with E-state index in [1.54, 1.807) is 40.9 Å². The van der Waals surface area contributed by atoms with Gasteiger partial charge >= 0.3 is 5.97 Å². The van der Waals surface area contributed by atoms with E-state index < -0.39 is 6.04 Å². The molecule has 120 valence electrons. The van der Waals surface area contributed by atoms with E-state index in [1.165, 1.54) is 7.11 Å². The van der Waals surface area contributed by atoms with Gasteiger partial charge in [-0.05, 0) is 29.7 Å². The van der Waals surface area contributed by atoms with E-state index in [2.05, 4.69) is 20.8 Å². The lowest BCUT2D eigenvalue weighted by Crippen LogP contribution is -2.49. The standard InChI is InChI=1S/C16H20ClNO3S/c1-16(2,3)15-18(12(9-22-15)14(20)21-4)13(19)10-5-7-11(17)8-6-10/h5-8,12,15H,9H2,1-4H3. The molecule has 0 aliphatic carbocycles. The van der Waals surface area contributed by atoms with Gasteiger partial charge in [-0.2, -0.15) is 0 Å². The zero-order valence-corrected chi connectivity index (χ0v) is 14.7. The molecule has 0 spiro atoms. The summed E-state index contributed by atoms with van der Waals surface area (Å²) in [5.74, 6) is 0.00654. The molecule has 2 unspecified atom stereocenters. The first-order chi connectivity index (χ1) is 10.3. The number of hydrogen-bond acceptors (Lipinski definition) is 4. The van der Waals surface area contributed by atoms with Gasteiger partial charge in [0.25, 0.3) is 5.91 Å². The summed E-state index contributed by atoms with van der Waals surface area (Å²) in [5, 5.41) is 0.490. The van der Waals surface area contributed by atoms with E-state index in [1.807, 2.05) is 0 Å². The minimum atomic E-state index is -0.553. The molecule has 1 fully saturated rings. The van der Waals surface area contributed by atoms with Gasteiger partial charge in [-0.3, -0.25) is 4.79 Å². The summed E-state index contributed by atoms with van der Waals surface area (Å²) in [4.78, 5) is 26.6. The SMILES string of the molecule is COC(=O)C1CSC(C(C)(C)C)N1C(=O)c1ccc(Cl)cc1. The summed E-state index contributed by atoms with van der Waals surface area (Å²) in [5.41, 5.74) is 0.380. The number of ether oxygens (including phenoxy) is 1. The fourth-order valence-corrected chi connectivity index (χ4v) is 4.17. The van der Waals surface area contributed by atoms with E-state index in [4.69, 9.17) is 16.3 Å². The van der Waals surface area contributed by atoms with Crippen LogP contribution < -0.4 is 0 Å². The van der Waals surface area contributed by atoms with E-state index in [0.29, 0.717) is 16.3 Å². The zero-order valence-electron chi connectivity index (χ0n) is 13.1. The van der Waals surface area contributed by atoms with Crippen LogP contribution >= 0.6 is 23.4 Å². The lowest BCUT2D eigenvalue weighted by atomic mass is 9.94. The van der Waals surface area contributed by atoms with E-state index in [0.717, 1.165) is 0 Å². The van der Waals surface area contributed by atoms with Crippen LogP contribution in [0.15, 0.2) is 24.3 Å². The number of halogens is 1. The first-order valence-electron chi connectivity index (χ1n) is 7.03. The van der Waals surface area contributed by atoms with Crippen molar-refractivity contribution in [2.75, 3.05) is 12.9 Å². The van der Waals surface area contributed by atoms with Crippen molar-refractivity contribution in [2.24, 2.45) is 5.41 Å². The van der Waals surface area contributed by atoms with Crippen LogP contribution in [0, 0.1) is 5.41 Å². The molecule has 1 amide bonds. The van der Waals surface area contributed by atoms with Gasteiger partial charge < -0.3 is 9.64 Å². The third-order valence-corrected chi connectivity index (χ3v) is 5.55. The molecule has 1 saturated heterocycles. The van der Waals surface area contributed by atoms with Crippen molar-refractivity contribution >= 4 is 35.2 Å². The Morgan fingerprint density at radius 3 is 2.36 bits per heavy atom. The summed E-state index contributed by atoms with van der Waals surface area (Å²) in [6.45, 7) is 6.19. The molecule has 0 bridgehead atoms. The number of esters is 1. The van der Waals surface area contributed by atoms with Gasteiger partial charge in [-0.15, -0.1) is 11.8 Å². The fourth-order valence-electron chi connectivity index (χ4n) is 2.48. The van der Waals surface area contributed by atoms with Crippen LogP contribution in [0.25, 0.3) is 0 Å². The Kier molecular flexibility index (Phi) is 5.07. The summed E-state index contributed by atoms with van der Waals surface area (Å²) in [7, 11) is 1.35.